The van der Waals surface area contributed by atoms with Crippen LogP contribution in [0.5, 0.6) is 0 Å². The molecule has 134 valence electrons. The molecule has 2 unspecified atom stereocenters. The molecule has 1 saturated heterocycles. The Morgan fingerprint density at radius 1 is 1.46 bits per heavy atom. The van der Waals surface area contributed by atoms with E-state index in [4.69, 9.17) is 4.42 Å². The SMILES string of the molecule is Cc1ccc(C(O)(CC(=O)NC2CCC(=O)N(C)C2)C(F)(F)F)o1. The number of halogens is 3. The topological polar surface area (TPSA) is 82.8 Å². The number of hydrogen-bond acceptors (Lipinski definition) is 4. The third kappa shape index (κ3) is 3.72. The molecule has 2 atom stereocenters. The Kier molecular flexibility index (Phi) is 4.93. The summed E-state index contributed by atoms with van der Waals surface area (Å²) in [6.07, 6.45) is -5.73. The first-order chi connectivity index (χ1) is 11.0. The van der Waals surface area contributed by atoms with Gasteiger partial charge in [-0.05, 0) is 25.5 Å². The number of nitrogens with zero attached hydrogens (tertiary/aromatic N) is 1. The standard InChI is InChI=1S/C15H19F3N2O4/c1-9-3-5-11(24-9)14(23,15(16,17)18)7-12(21)19-10-4-6-13(22)20(2)8-10/h3,5,10,23H,4,6-8H2,1-2H3,(H,19,21). The number of rotatable bonds is 4. The minimum atomic E-state index is -5.08. The van der Waals surface area contributed by atoms with Gasteiger partial charge in [0.05, 0.1) is 6.42 Å². The van der Waals surface area contributed by atoms with E-state index in [0.717, 1.165) is 6.07 Å². The lowest BCUT2D eigenvalue weighted by Gasteiger charge is -2.32. The van der Waals surface area contributed by atoms with Crippen molar-refractivity contribution < 1.29 is 32.3 Å². The number of piperidine rings is 1. The monoisotopic (exact) mass is 348 g/mol. The number of aliphatic hydroxyl groups is 1. The van der Waals surface area contributed by atoms with Gasteiger partial charge in [-0.3, -0.25) is 9.59 Å². The van der Waals surface area contributed by atoms with E-state index in [0.29, 0.717) is 6.42 Å². The van der Waals surface area contributed by atoms with Crippen molar-refractivity contribution in [2.24, 2.45) is 0 Å². The molecular formula is C15H19F3N2O4. The van der Waals surface area contributed by atoms with E-state index in [9.17, 15) is 27.9 Å². The van der Waals surface area contributed by atoms with Crippen LogP contribution in [0.1, 0.15) is 30.8 Å². The molecule has 1 aliphatic rings. The Morgan fingerprint density at radius 3 is 2.62 bits per heavy atom. The maximum Gasteiger partial charge on any atom is 0.425 e. The van der Waals surface area contributed by atoms with Crippen LogP contribution in [0.15, 0.2) is 16.5 Å². The number of likely N-dealkylation sites (N-methyl/N-ethyl adjacent to an activating group) is 1. The maximum atomic E-state index is 13.3. The third-order valence-electron chi connectivity index (χ3n) is 4.03. The molecule has 1 fully saturated rings. The molecule has 1 aromatic rings. The lowest BCUT2D eigenvalue weighted by Crippen LogP contribution is -2.51. The number of nitrogens with one attached hydrogen (secondary N) is 1. The van der Waals surface area contributed by atoms with Crippen molar-refractivity contribution in [2.45, 2.75) is 44.0 Å². The number of carbonyl (C=O) groups excluding carboxylic acids is 2. The van der Waals surface area contributed by atoms with Crippen LogP contribution in [-0.4, -0.2) is 47.6 Å². The fraction of sp³-hybridized carbons (Fsp3) is 0.600. The summed E-state index contributed by atoms with van der Waals surface area (Å²) in [6, 6.07) is 1.84. The van der Waals surface area contributed by atoms with Gasteiger partial charge in [0.1, 0.15) is 11.5 Å². The van der Waals surface area contributed by atoms with Gasteiger partial charge in [-0.15, -0.1) is 0 Å². The normalized spacial score (nSPS) is 21.5. The number of likely N-dealkylation sites (tertiary alicyclic amines) is 1. The molecule has 0 bridgehead atoms. The fourth-order valence-electron chi connectivity index (χ4n) is 2.62. The second-order valence-corrected chi connectivity index (χ2v) is 6.02. The first kappa shape index (κ1) is 18.3. The molecule has 0 saturated carbocycles. The highest BCUT2D eigenvalue weighted by Crippen LogP contribution is 2.42. The highest BCUT2D eigenvalue weighted by Gasteiger charge is 2.58. The van der Waals surface area contributed by atoms with Gasteiger partial charge < -0.3 is 19.7 Å². The lowest BCUT2D eigenvalue weighted by atomic mass is 9.94. The van der Waals surface area contributed by atoms with Crippen LogP contribution in [0, 0.1) is 6.92 Å². The molecule has 2 amide bonds. The second-order valence-electron chi connectivity index (χ2n) is 6.02. The molecule has 1 aliphatic heterocycles. The number of alkyl halides is 3. The molecule has 2 N–H and O–H groups in total. The summed E-state index contributed by atoms with van der Waals surface area (Å²) in [6.45, 7) is 1.66. The Bertz CT molecular complexity index is 628. The van der Waals surface area contributed by atoms with Crippen LogP contribution in [0.4, 0.5) is 13.2 Å². The number of aryl methyl sites for hydroxylation is 1. The van der Waals surface area contributed by atoms with Crippen molar-refractivity contribution in [1.82, 2.24) is 10.2 Å². The van der Waals surface area contributed by atoms with Crippen molar-refractivity contribution in [3.8, 4) is 0 Å². The van der Waals surface area contributed by atoms with Crippen molar-refractivity contribution in [1.29, 1.82) is 0 Å². The predicted molar refractivity (Wildman–Crippen MR) is 76.8 cm³/mol. The van der Waals surface area contributed by atoms with Crippen molar-refractivity contribution >= 4 is 11.8 Å². The van der Waals surface area contributed by atoms with Crippen LogP contribution >= 0.6 is 0 Å². The lowest BCUT2D eigenvalue weighted by molar-refractivity contribution is -0.273. The smallest absolute Gasteiger partial charge is 0.425 e. The summed E-state index contributed by atoms with van der Waals surface area (Å²) in [5.74, 6) is -1.57. The Balaban J connectivity index is 2.10. The number of carbonyl (C=O) groups is 2. The van der Waals surface area contributed by atoms with Gasteiger partial charge in [0, 0.05) is 26.1 Å². The first-order valence-corrected chi connectivity index (χ1v) is 7.42. The van der Waals surface area contributed by atoms with Crippen molar-refractivity contribution in [3.63, 3.8) is 0 Å². The Labute approximate surface area is 136 Å². The Hall–Kier alpha value is -2.03. The van der Waals surface area contributed by atoms with Crippen LogP contribution < -0.4 is 5.32 Å². The van der Waals surface area contributed by atoms with Crippen molar-refractivity contribution in [2.75, 3.05) is 13.6 Å². The van der Waals surface area contributed by atoms with Gasteiger partial charge in [-0.25, -0.2) is 0 Å². The zero-order chi connectivity index (χ0) is 18.1. The molecule has 0 radical (unpaired) electrons. The number of amides is 2. The van der Waals surface area contributed by atoms with Gasteiger partial charge in [0.15, 0.2) is 0 Å². The maximum absolute atomic E-state index is 13.3. The molecule has 0 spiro atoms. The third-order valence-corrected chi connectivity index (χ3v) is 4.03. The summed E-state index contributed by atoms with van der Waals surface area (Å²) in [5, 5.41) is 12.5. The summed E-state index contributed by atoms with van der Waals surface area (Å²) in [7, 11) is 1.55. The van der Waals surface area contributed by atoms with Gasteiger partial charge in [-0.1, -0.05) is 0 Å². The highest BCUT2D eigenvalue weighted by atomic mass is 19.4. The summed E-state index contributed by atoms with van der Waals surface area (Å²) < 4.78 is 44.8. The number of furan rings is 1. The van der Waals surface area contributed by atoms with Crippen LogP contribution in [0.2, 0.25) is 0 Å². The molecule has 6 nitrogen and oxygen atoms in total. The molecular weight excluding hydrogens is 329 g/mol. The van der Waals surface area contributed by atoms with E-state index in [1.807, 2.05) is 0 Å². The minimum absolute atomic E-state index is 0.0849. The van der Waals surface area contributed by atoms with Gasteiger partial charge >= 0.3 is 6.18 Å². The predicted octanol–water partition coefficient (Wildman–Crippen LogP) is 1.47. The molecule has 0 aliphatic carbocycles. The van der Waals surface area contributed by atoms with Crippen molar-refractivity contribution in [3.05, 3.63) is 23.7 Å². The highest BCUT2D eigenvalue weighted by molar-refractivity contribution is 5.79. The van der Waals surface area contributed by atoms with Crippen LogP contribution in [0.25, 0.3) is 0 Å². The van der Waals surface area contributed by atoms with E-state index < -0.39 is 35.9 Å². The summed E-state index contributed by atoms with van der Waals surface area (Å²) in [5.41, 5.74) is -3.40. The Morgan fingerprint density at radius 2 is 2.12 bits per heavy atom. The molecule has 24 heavy (non-hydrogen) atoms. The average molecular weight is 348 g/mol. The fourth-order valence-corrected chi connectivity index (χ4v) is 2.62. The molecule has 2 heterocycles. The van der Waals surface area contributed by atoms with E-state index in [1.54, 1.807) is 7.05 Å². The molecule has 0 aromatic carbocycles. The summed E-state index contributed by atoms with van der Waals surface area (Å²) >= 11 is 0. The quantitative estimate of drug-likeness (QED) is 0.863. The summed E-state index contributed by atoms with van der Waals surface area (Å²) in [4.78, 5) is 24.8. The molecule has 2 rings (SSSR count). The van der Waals surface area contributed by atoms with E-state index in [2.05, 4.69) is 5.32 Å². The van der Waals surface area contributed by atoms with Crippen LogP contribution in [0.3, 0.4) is 0 Å². The molecule has 9 heteroatoms. The van der Waals surface area contributed by atoms with Crippen LogP contribution in [-0.2, 0) is 15.2 Å². The van der Waals surface area contributed by atoms with Gasteiger partial charge in [0.2, 0.25) is 17.4 Å². The average Bonchev–Trinajstić information content (AvgIpc) is 2.88. The largest absolute Gasteiger partial charge is 0.463 e. The van der Waals surface area contributed by atoms with Gasteiger partial charge in [0.25, 0.3) is 0 Å². The second kappa shape index (κ2) is 6.46. The minimum Gasteiger partial charge on any atom is -0.463 e. The molecule has 1 aromatic heterocycles. The first-order valence-electron chi connectivity index (χ1n) is 7.42. The zero-order valence-electron chi connectivity index (χ0n) is 13.3. The van der Waals surface area contributed by atoms with E-state index >= 15 is 0 Å². The van der Waals surface area contributed by atoms with Gasteiger partial charge in [-0.2, -0.15) is 13.2 Å². The van der Waals surface area contributed by atoms with E-state index in [1.165, 1.54) is 17.9 Å². The number of hydrogen-bond donors (Lipinski definition) is 2. The van der Waals surface area contributed by atoms with E-state index in [-0.39, 0.29) is 24.6 Å². The zero-order valence-corrected chi connectivity index (χ0v) is 13.3.